The Balaban J connectivity index is 1.54. The number of benzene rings is 1. The van der Waals surface area contributed by atoms with Gasteiger partial charge in [-0.25, -0.2) is 4.98 Å². The molecule has 0 bridgehead atoms. The number of hydrogen-bond acceptors (Lipinski definition) is 3. The van der Waals surface area contributed by atoms with E-state index >= 15 is 0 Å². The zero-order valence-electron chi connectivity index (χ0n) is 10.8. The lowest BCUT2D eigenvalue weighted by molar-refractivity contribution is 0.102. The van der Waals surface area contributed by atoms with Crippen molar-refractivity contribution in [1.82, 2.24) is 4.98 Å². The molecule has 2 unspecified atom stereocenters. The molecule has 0 N–H and O–H groups in total. The third-order valence-electron chi connectivity index (χ3n) is 3.56. The predicted octanol–water partition coefficient (Wildman–Crippen LogP) is 4.41. The number of ether oxygens (including phenoxy) is 1. The second-order valence-corrected chi connectivity index (χ2v) is 6.82. The van der Waals surface area contributed by atoms with Gasteiger partial charge < -0.3 is 4.74 Å². The number of aromatic nitrogens is 1. The van der Waals surface area contributed by atoms with E-state index in [0.29, 0.717) is 6.10 Å². The van der Waals surface area contributed by atoms with Crippen LogP contribution in [0.4, 0.5) is 0 Å². The minimum Gasteiger partial charge on any atom is -0.378 e. The molecule has 2 aromatic rings. The Morgan fingerprint density at radius 3 is 3.11 bits per heavy atom. The summed E-state index contributed by atoms with van der Waals surface area (Å²) in [5.41, 5.74) is 1.09. The molecule has 2 heterocycles. The average molecular weight is 296 g/mol. The van der Waals surface area contributed by atoms with Gasteiger partial charge in [0.15, 0.2) is 0 Å². The molecule has 102 valence electrons. The highest BCUT2D eigenvalue weighted by molar-refractivity contribution is 7.18. The smallest absolute Gasteiger partial charge is 0.0953 e. The summed E-state index contributed by atoms with van der Waals surface area (Å²) in [5.74, 6) is 0. The monoisotopic (exact) mass is 295 g/mol. The summed E-state index contributed by atoms with van der Waals surface area (Å²) in [6, 6.07) is 8.26. The van der Waals surface area contributed by atoms with Crippen molar-refractivity contribution in [2.24, 2.45) is 0 Å². The van der Waals surface area contributed by atoms with Crippen molar-refractivity contribution in [3.8, 4) is 0 Å². The zero-order chi connectivity index (χ0) is 13.1. The Morgan fingerprint density at radius 2 is 2.32 bits per heavy atom. The maximum Gasteiger partial charge on any atom is 0.0953 e. The number of alkyl halides is 1. The van der Waals surface area contributed by atoms with E-state index in [1.165, 1.54) is 17.5 Å². The van der Waals surface area contributed by atoms with Crippen LogP contribution < -0.4 is 0 Å². The minimum atomic E-state index is 0.171. The Hall–Kier alpha value is -0.640. The predicted molar refractivity (Wildman–Crippen MR) is 81.2 cm³/mol. The van der Waals surface area contributed by atoms with Gasteiger partial charge in [0.1, 0.15) is 0 Å². The van der Waals surface area contributed by atoms with Crippen molar-refractivity contribution in [2.75, 3.05) is 6.61 Å². The summed E-state index contributed by atoms with van der Waals surface area (Å²) in [4.78, 5) is 4.64. The van der Waals surface area contributed by atoms with Gasteiger partial charge >= 0.3 is 0 Å². The number of para-hydroxylation sites is 1. The topological polar surface area (TPSA) is 22.1 Å². The van der Waals surface area contributed by atoms with E-state index in [-0.39, 0.29) is 5.38 Å². The van der Waals surface area contributed by atoms with Crippen molar-refractivity contribution in [3.05, 3.63) is 29.3 Å². The van der Waals surface area contributed by atoms with Crippen LogP contribution in [0.15, 0.2) is 24.3 Å². The summed E-state index contributed by atoms with van der Waals surface area (Å²) < 4.78 is 6.88. The molecule has 1 saturated heterocycles. The molecule has 0 saturated carbocycles. The van der Waals surface area contributed by atoms with Crippen molar-refractivity contribution >= 4 is 33.2 Å². The minimum absolute atomic E-state index is 0.171. The van der Waals surface area contributed by atoms with E-state index in [2.05, 4.69) is 23.2 Å². The standard InChI is InChI=1S/C15H18ClNOS/c16-11(7-8-12-4-3-9-18-12)10-15-17-13-5-1-2-6-14(13)19-15/h1-2,5-6,11-12H,3-4,7-10H2. The number of rotatable bonds is 5. The lowest BCUT2D eigenvalue weighted by Gasteiger charge is -2.11. The fraction of sp³-hybridized carbons (Fsp3) is 0.533. The molecule has 0 amide bonds. The number of hydrogen-bond donors (Lipinski definition) is 0. The summed E-state index contributed by atoms with van der Waals surface area (Å²) >= 11 is 8.19. The van der Waals surface area contributed by atoms with Crippen molar-refractivity contribution in [1.29, 1.82) is 0 Å². The molecule has 1 aromatic carbocycles. The van der Waals surface area contributed by atoms with Crippen LogP contribution in [0.1, 0.15) is 30.7 Å². The molecule has 1 aromatic heterocycles. The number of thiazole rings is 1. The van der Waals surface area contributed by atoms with Gasteiger partial charge in [-0.3, -0.25) is 0 Å². The van der Waals surface area contributed by atoms with Gasteiger partial charge in [0, 0.05) is 18.4 Å². The highest BCUT2D eigenvalue weighted by atomic mass is 35.5. The van der Waals surface area contributed by atoms with E-state index in [0.717, 1.165) is 36.4 Å². The number of halogens is 1. The zero-order valence-corrected chi connectivity index (χ0v) is 12.4. The Kier molecular flexibility index (Phi) is 4.36. The second-order valence-electron chi connectivity index (χ2n) is 5.09. The molecule has 2 atom stereocenters. The normalized spacial score (nSPS) is 21.0. The van der Waals surface area contributed by atoms with Gasteiger partial charge in [-0.15, -0.1) is 22.9 Å². The molecule has 19 heavy (non-hydrogen) atoms. The van der Waals surface area contributed by atoms with Gasteiger partial charge in [0.05, 0.1) is 21.3 Å². The lowest BCUT2D eigenvalue weighted by atomic mass is 10.1. The van der Waals surface area contributed by atoms with Crippen LogP contribution in [0.25, 0.3) is 10.2 Å². The molecule has 2 nitrogen and oxygen atoms in total. The van der Waals surface area contributed by atoms with E-state index in [9.17, 15) is 0 Å². The molecular weight excluding hydrogens is 278 g/mol. The number of nitrogens with zero attached hydrogens (tertiary/aromatic N) is 1. The van der Waals surface area contributed by atoms with Crippen LogP contribution >= 0.6 is 22.9 Å². The maximum absolute atomic E-state index is 6.43. The molecule has 0 radical (unpaired) electrons. The largest absolute Gasteiger partial charge is 0.378 e. The summed E-state index contributed by atoms with van der Waals surface area (Å²) in [6.45, 7) is 0.926. The molecule has 0 aliphatic carbocycles. The summed E-state index contributed by atoms with van der Waals surface area (Å²) in [6.07, 6.45) is 5.81. The van der Waals surface area contributed by atoms with Crippen LogP contribution in [0.2, 0.25) is 0 Å². The van der Waals surface area contributed by atoms with Crippen molar-refractivity contribution in [3.63, 3.8) is 0 Å². The van der Waals surface area contributed by atoms with Crippen LogP contribution in [0, 0.1) is 0 Å². The van der Waals surface area contributed by atoms with Gasteiger partial charge in [-0.1, -0.05) is 12.1 Å². The second kappa shape index (κ2) is 6.21. The van der Waals surface area contributed by atoms with Crippen LogP contribution in [0.5, 0.6) is 0 Å². The first-order chi connectivity index (χ1) is 9.31. The fourth-order valence-corrected chi connectivity index (χ4v) is 3.95. The molecule has 1 aliphatic heterocycles. The van der Waals surface area contributed by atoms with E-state index in [1.807, 2.05) is 6.07 Å². The third kappa shape index (κ3) is 3.47. The van der Waals surface area contributed by atoms with Gasteiger partial charge in [0.2, 0.25) is 0 Å². The third-order valence-corrected chi connectivity index (χ3v) is 4.99. The highest BCUT2D eigenvalue weighted by Gasteiger charge is 2.18. The van der Waals surface area contributed by atoms with Crippen molar-refractivity contribution < 1.29 is 4.74 Å². The SMILES string of the molecule is ClC(CCC1CCCO1)Cc1nc2ccccc2s1. The van der Waals surface area contributed by atoms with Crippen LogP contribution in [-0.4, -0.2) is 23.1 Å². The lowest BCUT2D eigenvalue weighted by Crippen LogP contribution is -2.10. The fourth-order valence-electron chi connectivity index (χ4n) is 2.54. The van der Waals surface area contributed by atoms with Gasteiger partial charge in [-0.05, 0) is 37.8 Å². The highest BCUT2D eigenvalue weighted by Crippen LogP contribution is 2.25. The first-order valence-corrected chi connectivity index (χ1v) is 8.16. The molecule has 1 aliphatic rings. The maximum atomic E-state index is 6.43. The molecule has 0 spiro atoms. The Bertz CT molecular complexity index is 503. The average Bonchev–Trinajstić information content (AvgIpc) is 3.04. The van der Waals surface area contributed by atoms with Crippen molar-refractivity contribution in [2.45, 2.75) is 43.6 Å². The Labute approximate surface area is 122 Å². The van der Waals surface area contributed by atoms with E-state index < -0.39 is 0 Å². The summed E-state index contributed by atoms with van der Waals surface area (Å²) in [7, 11) is 0. The van der Waals surface area contributed by atoms with Gasteiger partial charge in [0.25, 0.3) is 0 Å². The molecule has 4 heteroatoms. The van der Waals surface area contributed by atoms with E-state index in [4.69, 9.17) is 16.3 Å². The van der Waals surface area contributed by atoms with E-state index in [1.54, 1.807) is 11.3 Å². The molecule has 1 fully saturated rings. The first-order valence-electron chi connectivity index (χ1n) is 6.91. The summed E-state index contributed by atoms with van der Waals surface area (Å²) in [5, 5.41) is 1.32. The quantitative estimate of drug-likeness (QED) is 0.763. The van der Waals surface area contributed by atoms with Crippen LogP contribution in [0.3, 0.4) is 0 Å². The first kappa shape index (κ1) is 13.3. The Morgan fingerprint density at radius 1 is 1.42 bits per heavy atom. The number of fused-ring (bicyclic) bond motifs is 1. The molecule has 3 rings (SSSR count). The molecular formula is C15H18ClNOS. The van der Waals surface area contributed by atoms with Gasteiger partial charge in [-0.2, -0.15) is 0 Å². The van der Waals surface area contributed by atoms with Crippen LogP contribution in [-0.2, 0) is 11.2 Å².